The van der Waals surface area contributed by atoms with E-state index in [0.717, 1.165) is 25.7 Å². The van der Waals surface area contributed by atoms with E-state index < -0.39 is 17.8 Å². The largest absolute Gasteiger partial charge is 0.465 e. The Morgan fingerprint density at radius 3 is 1.82 bits per heavy atom. The molecule has 0 radical (unpaired) electrons. The number of carbonyl (C=O) groups excluding carboxylic acids is 4. The number of rotatable bonds is 19. The third-order valence-corrected chi connectivity index (χ3v) is 6.71. The van der Waals surface area contributed by atoms with Gasteiger partial charge in [0.15, 0.2) is 0 Å². The average Bonchev–Trinajstić information content (AvgIpc) is 3.44. The van der Waals surface area contributed by atoms with Crippen molar-refractivity contribution in [2.75, 3.05) is 59.5 Å². The van der Waals surface area contributed by atoms with Crippen molar-refractivity contribution in [1.82, 2.24) is 5.06 Å². The zero-order valence-electron chi connectivity index (χ0n) is 22.0. The van der Waals surface area contributed by atoms with Gasteiger partial charge in [0.05, 0.1) is 59.3 Å². The summed E-state index contributed by atoms with van der Waals surface area (Å²) in [4.78, 5) is 51.1. The molecule has 2 fully saturated rings. The molecule has 1 saturated heterocycles. The Hall–Kier alpha value is -2.52. The highest BCUT2D eigenvalue weighted by molar-refractivity contribution is 6.01. The number of esters is 1. The van der Waals surface area contributed by atoms with Gasteiger partial charge in [-0.25, -0.2) is 4.79 Å². The zero-order valence-corrected chi connectivity index (χ0v) is 22.0. The van der Waals surface area contributed by atoms with Crippen LogP contribution in [0.1, 0.15) is 57.8 Å². The van der Waals surface area contributed by atoms with Crippen LogP contribution in [0.5, 0.6) is 0 Å². The molecule has 0 aromatic heterocycles. The summed E-state index contributed by atoms with van der Waals surface area (Å²) >= 11 is 0. The van der Waals surface area contributed by atoms with Crippen LogP contribution in [0.25, 0.3) is 0 Å². The Kier molecular flexibility index (Phi) is 13.5. The fourth-order valence-electron chi connectivity index (χ4n) is 4.58. The van der Waals surface area contributed by atoms with E-state index in [9.17, 15) is 19.2 Å². The topological polar surface area (TPSA) is 127 Å². The van der Waals surface area contributed by atoms with E-state index >= 15 is 0 Å². The van der Waals surface area contributed by atoms with E-state index in [-0.39, 0.29) is 38.4 Å². The first-order chi connectivity index (χ1) is 18.6. The van der Waals surface area contributed by atoms with Crippen LogP contribution in [0, 0.1) is 29.6 Å². The minimum atomic E-state index is -0.697. The van der Waals surface area contributed by atoms with Gasteiger partial charge in [0.2, 0.25) is 0 Å². The average molecular weight is 538 g/mol. The number of nitrogens with zero attached hydrogens (tertiary/aromatic N) is 1. The molecule has 0 bridgehead atoms. The fourth-order valence-corrected chi connectivity index (χ4v) is 4.58. The van der Waals surface area contributed by atoms with Crippen LogP contribution in [0.3, 0.4) is 0 Å². The number of hydrogen-bond acceptors (Lipinski definition) is 10. The molecular weight excluding hydrogens is 498 g/mol. The summed E-state index contributed by atoms with van der Waals surface area (Å²) in [6.45, 7) is 3.43. The quantitative estimate of drug-likeness (QED) is 0.104. The minimum Gasteiger partial charge on any atom is -0.465 e. The molecule has 1 heterocycles. The third kappa shape index (κ3) is 11.1. The molecule has 3 aliphatic rings. The highest BCUT2D eigenvalue weighted by Gasteiger charge is 2.49. The summed E-state index contributed by atoms with van der Waals surface area (Å²) in [6, 6.07) is 0. The van der Waals surface area contributed by atoms with Crippen LogP contribution >= 0.6 is 0 Å². The van der Waals surface area contributed by atoms with Crippen molar-refractivity contribution >= 4 is 23.8 Å². The van der Waals surface area contributed by atoms with Gasteiger partial charge >= 0.3 is 11.9 Å². The van der Waals surface area contributed by atoms with Crippen LogP contribution in [-0.2, 0) is 47.7 Å². The summed E-state index contributed by atoms with van der Waals surface area (Å²) in [5.74, 6) is 6.41. The predicted molar refractivity (Wildman–Crippen MR) is 132 cm³/mol. The zero-order chi connectivity index (χ0) is 27.0. The van der Waals surface area contributed by atoms with E-state index in [2.05, 4.69) is 11.8 Å². The summed E-state index contributed by atoms with van der Waals surface area (Å²) in [6.07, 6.45) is 5.23. The molecule has 11 nitrogen and oxygen atoms in total. The normalized spacial score (nSPS) is 22.2. The Morgan fingerprint density at radius 2 is 1.24 bits per heavy atom. The van der Waals surface area contributed by atoms with Crippen molar-refractivity contribution in [2.45, 2.75) is 57.8 Å². The molecule has 2 aliphatic carbocycles. The molecular formula is C27H39NO10. The van der Waals surface area contributed by atoms with E-state index in [0.29, 0.717) is 81.9 Å². The molecule has 2 amide bonds. The summed E-state index contributed by atoms with van der Waals surface area (Å²) < 4.78 is 27.0. The van der Waals surface area contributed by atoms with Gasteiger partial charge in [-0.05, 0) is 37.0 Å². The molecule has 0 aromatic carbocycles. The van der Waals surface area contributed by atoms with E-state index in [1.807, 2.05) is 0 Å². The van der Waals surface area contributed by atoms with Gasteiger partial charge in [-0.3, -0.25) is 14.4 Å². The van der Waals surface area contributed by atoms with Crippen LogP contribution in [0.15, 0.2) is 0 Å². The second-order valence-corrected chi connectivity index (χ2v) is 9.45. The molecule has 2 atom stereocenters. The molecule has 3 rings (SSSR count). The molecule has 11 heteroatoms. The number of fused-ring (bicyclic) bond motifs is 1. The molecule has 1 saturated carbocycles. The number of amides is 2. The SMILES string of the molecule is O=C(CCCOCCOCCOCCOCCC(=O)ON1C(=O)CCC1=O)OCC1C2CCC#CCCC21. The molecule has 38 heavy (non-hydrogen) atoms. The predicted octanol–water partition coefficient (Wildman–Crippen LogP) is 1.81. The number of carbonyl (C=O) groups is 4. The van der Waals surface area contributed by atoms with Crippen molar-refractivity contribution in [2.24, 2.45) is 17.8 Å². The maximum absolute atomic E-state index is 12.0. The lowest BCUT2D eigenvalue weighted by Gasteiger charge is -2.12. The Morgan fingerprint density at radius 1 is 0.711 bits per heavy atom. The number of ether oxygens (including phenoxy) is 5. The standard InChI is InChI=1S/C27H39NO10/c29-24-9-10-25(30)28(24)38-27(32)11-13-34-15-17-36-19-18-35-16-14-33-12-5-8-26(31)37-20-23-21-6-3-1-2-4-7-22(21)23/h21-23H,3-20H2. The number of hydrogen-bond donors (Lipinski definition) is 0. The molecule has 2 unspecified atom stereocenters. The Balaban J connectivity index is 1.01. The van der Waals surface area contributed by atoms with Crippen LogP contribution < -0.4 is 0 Å². The molecule has 1 aliphatic heterocycles. The van der Waals surface area contributed by atoms with Gasteiger partial charge in [0.1, 0.15) is 0 Å². The first-order valence-corrected chi connectivity index (χ1v) is 13.5. The van der Waals surface area contributed by atoms with Gasteiger partial charge in [0.25, 0.3) is 11.8 Å². The van der Waals surface area contributed by atoms with Crippen molar-refractivity contribution in [3.63, 3.8) is 0 Å². The first kappa shape index (κ1) is 30.0. The second kappa shape index (κ2) is 17.1. The monoisotopic (exact) mass is 537 g/mol. The maximum atomic E-state index is 12.0. The summed E-state index contributed by atoms with van der Waals surface area (Å²) in [5, 5.41) is 0.520. The van der Waals surface area contributed by atoms with E-state index in [1.165, 1.54) is 0 Å². The first-order valence-electron chi connectivity index (χ1n) is 13.5. The lowest BCUT2D eigenvalue weighted by atomic mass is 10.1. The molecule has 0 N–H and O–H groups in total. The highest BCUT2D eigenvalue weighted by Crippen LogP contribution is 2.52. The maximum Gasteiger partial charge on any atom is 0.335 e. The summed E-state index contributed by atoms with van der Waals surface area (Å²) in [7, 11) is 0. The lowest BCUT2D eigenvalue weighted by molar-refractivity contribution is -0.198. The lowest BCUT2D eigenvalue weighted by Crippen LogP contribution is -2.32. The van der Waals surface area contributed by atoms with Crippen LogP contribution in [0.4, 0.5) is 0 Å². The van der Waals surface area contributed by atoms with Gasteiger partial charge in [-0.1, -0.05) is 0 Å². The third-order valence-electron chi connectivity index (χ3n) is 6.71. The minimum absolute atomic E-state index is 0.0624. The fraction of sp³-hybridized carbons (Fsp3) is 0.778. The molecule has 0 spiro atoms. The van der Waals surface area contributed by atoms with Crippen molar-refractivity contribution in [1.29, 1.82) is 0 Å². The molecule has 0 aromatic rings. The van der Waals surface area contributed by atoms with Gasteiger partial charge in [-0.2, -0.15) is 0 Å². The molecule has 212 valence electrons. The van der Waals surface area contributed by atoms with Gasteiger partial charge in [-0.15, -0.1) is 16.9 Å². The summed E-state index contributed by atoms with van der Waals surface area (Å²) in [5.41, 5.74) is 0. The van der Waals surface area contributed by atoms with Gasteiger partial charge < -0.3 is 28.5 Å². The van der Waals surface area contributed by atoms with Crippen LogP contribution in [-0.4, -0.2) is 88.3 Å². The smallest absolute Gasteiger partial charge is 0.335 e. The second-order valence-electron chi connectivity index (χ2n) is 9.45. The van der Waals surface area contributed by atoms with E-state index in [4.69, 9.17) is 28.5 Å². The van der Waals surface area contributed by atoms with Crippen molar-refractivity contribution in [3.05, 3.63) is 0 Å². The van der Waals surface area contributed by atoms with Crippen LogP contribution in [0.2, 0.25) is 0 Å². The number of imide groups is 1. The number of hydroxylamine groups is 2. The van der Waals surface area contributed by atoms with E-state index in [1.54, 1.807) is 0 Å². The Labute approximate surface area is 223 Å². The Bertz CT molecular complexity index is 817. The van der Waals surface area contributed by atoms with Crippen molar-refractivity contribution < 1.29 is 47.7 Å². The highest BCUT2D eigenvalue weighted by atomic mass is 16.7. The van der Waals surface area contributed by atoms with Gasteiger partial charge in [0, 0.05) is 38.7 Å². The van der Waals surface area contributed by atoms with Crippen molar-refractivity contribution in [3.8, 4) is 11.8 Å².